The highest BCUT2D eigenvalue weighted by atomic mass is 32.1. The Kier molecular flexibility index (Phi) is 6.17. The summed E-state index contributed by atoms with van der Waals surface area (Å²) in [4.78, 5) is 14.7. The van der Waals surface area contributed by atoms with Gasteiger partial charge in [0.25, 0.3) is 0 Å². The van der Waals surface area contributed by atoms with Gasteiger partial charge >= 0.3 is 0 Å². The number of aliphatic hydroxyl groups is 1. The minimum atomic E-state index is -1.01. The van der Waals surface area contributed by atoms with Gasteiger partial charge in [0.1, 0.15) is 16.4 Å². The third-order valence-corrected chi connectivity index (χ3v) is 7.68. The molecular formula is C24H28FN5OS. The first-order valence-corrected chi connectivity index (χ1v) is 12.2. The molecule has 2 aliphatic rings. The molecule has 1 saturated carbocycles. The van der Waals surface area contributed by atoms with Crippen molar-refractivity contribution in [3.05, 3.63) is 47.4 Å². The third kappa shape index (κ3) is 4.40. The predicted octanol–water partition coefficient (Wildman–Crippen LogP) is 4.72. The molecule has 8 heteroatoms. The van der Waals surface area contributed by atoms with Gasteiger partial charge in [0, 0.05) is 17.8 Å². The number of nitrogens with zero attached hydrogens (tertiary/aromatic N) is 3. The van der Waals surface area contributed by atoms with E-state index in [1.165, 1.54) is 36.7 Å². The Morgan fingerprint density at radius 3 is 2.62 bits per heavy atom. The monoisotopic (exact) mass is 453 g/mol. The SMILES string of the molecule is OC1(c2nc(-c3ccccc3F)c(-c3ccnc(NC4CCCCC4)n3)s2)CCNCC1. The third-order valence-electron chi connectivity index (χ3n) is 6.41. The van der Waals surface area contributed by atoms with Crippen molar-refractivity contribution in [2.24, 2.45) is 0 Å². The number of hydrogen-bond donors (Lipinski definition) is 3. The lowest BCUT2D eigenvalue weighted by molar-refractivity contribution is 0.00581. The molecule has 0 amide bonds. The van der Waals surface area contributed by atoms with Crippen LogP contribution in [0.1, 0.15) is 50.0 Å². The van der Waals surface area contributed by atoms with Crippen LogP contribution in [0, 0.1) is 5.82 Å². The summed E-state index contributed by atoms with van der Waals surface area (Å²) in [5.41, 5.74) is 0.628. The molecule has 3 heterocycles. The lowest BCUT2D eigenvalue weighted by Crippen LogP contribution is -2.39. The summed E-state index contributed by atoms with van der Waals surface area (Å²) in [5, 5.41) is 18.6. The first kappa shape index (κ1) is 21.4. The van der Waals surface area contributed by atoms with E-state index >= 15 is 0 Å². The van der Waals surface area contributed by atoms with Crippen molar-refractivity contribution in [2.45, 2.75) is 56.6 Å². The molecule has 1 saturated heterocycles. The molecule has 0 bridgehead atoms. The van der Waals surface area contributed by atoms with Crippen LogP contribution in [0.5, 0.6) is 0 Å². The molecule has 1 aliphatic heterocycles. The number of anilines is 1. The molecule has 3 N–H and O–H groups in total. The number of rotatable bonds is 5. The molecule has 32 heavy (non-hydrogen) atoms. The molecule has 0 unspecified atom stereocenters. The van der Waals surface area contributed by atoms with Crippen molar-refractivity contribution in [1.82, 2.24) is 20.3 Å². The van der Waals surface area contributed by atoms with E-state index in [2.05, 4.69) is 15.6 Å². The summed E-state index contributed by atoms with van der Waals surface area (Å²) in [6.07, 6.45) is 8.87. The molecule has 1 aromatic carbocycles. The molecule has 1 aliphatic carbocycles. The Morgan fingerprint density at radius 2 is 1.84 bits per heavy atom. The molecule has 3 aromatic rings. The van der Waals surface area contributed by atoms with Crippen LogP contribution in [0.2, 0.25) is 0 Å². The molecule has 2 fully saturated rings. The molecule has 168 valence electrons. The Hall–Kier alpha value is -2.42. The van der Waals surface area contributed by atoms with Gasteiger partial charge in [-0.1, -0.05) is 31.4 Å². The second kappa shape index (κ2) is 9.21. The van der Waals surface area contributed by atoms with Gasteiger partial charge in [-0.05, 0) is 57.0 Å². The lowest BCUT2D eigenvalue weighted by Gasteiger charge is -2.30. The fourth-order valence-corrected chi connectivity index (χ4v) is 5.76. The number of aromatic nitrogens is 3. The molecule has 6 nitrogen and oxygen atoms in total. The molecule has 2 aromatic heterocycles. The minimum absolute atomic E-state index is 0.336. The summed E-state index contributed by atoms with van der Waals surface area (Å²) in [5.74, 6) is 0.252. The molecule has 0 atom stereocenters. The largest absolute Gasteiger partial charge is 0.383 e. The van der Waals surface area contributed by atoms with Crippen LogP contribution in [0.25, 0.3) is 21.8 Å². The maximum atomic E-state index is 14.8. The summed E-state index contributed by atoms with van der Waals surface area (Å²) in [6.45, 7) is 1.45. The van der Waals surface area contributed by atoms with Crippen LogP contribution >= 0.6 is 11.3 Å². The normalized spacial score (nSPS) is 19.1. The van der Waals surface area contributed by atoms with E-state index in [0.29, 0.717) is 46.8 Å². The Bertz CT molecular complexity index is 1080. The zero-order valence-corrected chi connectivity index (χ0v) is 18.8. The summed E-state index contributed by atoms with van der Waals surface area (Å²) < 4.78 is 14.8. The maximum absolute atomic E-state index is 14.8. The minimum Gasteiger partial charge on any atom is -0.383 e. The van der Waals surface area contributed by atoms with Crippen LogP contribution in [-0.4, -0.2) is 39.2 Å². The van der Waals surface area contributed by atoms with E-state index < -0.39 is 5.60 Å². The van der Waals surface area contributed by atoms with Crippen LogP contribution in [-0.2, 0) is 5.60 Å². The van der Waals surface area contributed by atoms with Gasteiger partial charge in [-0.25, -0.2) is 19.3 Å². The van der Waals surface area contributed by atoms with Gasteiger partial charge in [0.15, 0.2) is 0 Å². The Morgan fingerprint density at radius 1 is 1.06 bits per heavy atom. The van der Waals surface area contributed by atoms with Gasteiger partial charge in [-0.2, -0.15) is 0 Å². The average Bonchev–Trinajstić information content (AvgIpc) is 3.27. The quantitative estimate of drug-likeness (QED) is 0.518. The van der Waals surface area contributed by atoms with Crippen molar-refractivity contribution in [1.29, 1.82) is 0 Å². The Balaban J connectivity index is 1.55. The van der Waals surface area contributed by atoms with Crippen LogP contribution < -0.4 is 10.6 Å². The van der Waals surface area contributed by atoms with Crippen LogP contribution in [0.3, 0.4) is 0 Å². The summed E-state index contributed by atoms with van der Waals surface area (Å²) in [6, 6.07) is 8.86. The number of benzene rings is 1. The van der Waals surface area contributed by atoms with Gasteiger partial charge in [0.2, 0.25) is 5.95 Å². The highest BCUT2D eigenvalue weighted by Crippen LogP contribution is 2.42. The fourth-order valence-electron chi connectivity index (χ4n) is 4.57. The fraction of sp³-hybridized carbons (Fsp3) is 0.458. The first-order valence-electron chi connectivity index (χ1n) is 11.4. The number of hydrogen-bond acceptors (Lipinski definition) is 7. The zero-order valence-electron chi connectivity index (χ0n) is 18.0. The van der Waals surface area contributed by atoms with Crippen molar-refractivity contribution in [2.75, 3.05) is 18.4 Å². The van der Waals surface area contributed by atoms with E-state index in [9.17, 15) is 9.50 Å². The van der Waals surface area contributed by atoms with Gasteiger partial charge < -0.3 is 15.7 Å². The lowest BCUT2D eigenvalue weighted by atomic mass is 9.93. The van der Waals surface area contributed by atoms with Crippen LogP contribution in [0.15, 0.2) is 36.5 Å². The van der Waals surface area contributed by atoms with Crippen LogP contribution in [0.4, 0.5) is 10.3 Å². The summed E-state index contributed by atoms with van der Waals surface area (Å²) >= 11 is 1.40. The van der Waals surface area contributed by atoms with Crippen molar-refractivity contribution >= 4 is 17.3 Å². The second-order valence-corrected chi connectivity index (χ2v) is 9.70. The molecule has 0 radical (unpaired) electrons. The molecule has 5 rings (SSSR count). The highest BCUT2D eigenvalue weighted by molar-refractivity contribution is 7.15. The number of thiazole rings is 1. The topological polar surface area (TPSA) is 83.0 Å². The van der Waals surface area contributed by atoms with Gasteiger partial charge in [-0.15, -0.1) is 11.3 Å². The number of piperidine rings is 1. The Labute approximate surface area is 191 Å². The van der Waals surface area contributed by atoms with Crippen molar-refractivity contribution in [3.8, 4) is 21.8 Å². The van der Waals surface area contributed by atoms with Crippen molar-refractivity contribution < 1.29 is 9.50 Å². The van der Waals surface area contributed by atoms with Crippen molar-refractivity contribution in [3.63, 3.8) is 0 Å². The predicted molar refractivity (Wildman–Crippen MR) is 125 cm³/mol. The van der Waals surface area contributed by atoms with Gasteiger partial charge in [-0.3, -0.25) is 0 Å². The zero-order chi connectivity index (χ0) is 22.0. The standard InChI is InChI=1S/C24H28FN5OS/c25-18-9-5-4-8-17(18)20-21(32-22(30-20)24(31)11-14-26-15-12-24)19-10-13-27-23(29-19)28-16-6-2-1-3-7-16/h4-5,8-10,13,16,26,31H,1-3,6-7,11-12,14-15H2,(H,27,28,29). The molecule has 0 spiro atoms. The smallest absolute Gasteiger partial charge is 0.223 e. The molecular weight excluding hydrogens is 425 g/mol. The average molecular weight is 454 g/mol. The number of nitrogens with one attached hydrogen (secondary N) is 2. The maximum Gasteiger partial charge on any atom is 0.223 e. The van der Waals surface area contributed by atoms with E-state index in [4.69, 9.17) is 9.97 Å². The highest BCUT2D eigenvalue weighted by Gasteiger charge is 2.36. The summed E-state index contributed by atoms with van der Waals surface area (Å²) in [7, 11) is 0. The van der Waals surface area contributed by atoms with E-state index in [1.807, 2.05) is 6.07 Å². The number of halogens is 1. The van der Waals surface area contributed by atoms with E-state index in [0.717, 1.165) is 30.8 Å². The second-order valence-electron chi connectivity index (χ2n) is 8.70. The van der Waals surface area contributed by atoms with Gasteiger partial charge in [0.05, 0.1) is 16.3 Å². The first-order chi connectivity index (χ1) is 15.6. The van der Waals surface area contributed by atoms with E-state index in [1.54, 1.807) is 24.4 Å². The van der Waals surface area contributed by atoms with E-state index in [-0.39, 0.29) is 5.82 Å².